The van der Waals surface area contributed by atoms with E-state index in [4.69, 9.17) is 11.6 Å². The van der Waals surface area contributed by atoms with Gasteiger partial charge in [0.25, 0.3) is 0 Å². The summed E-state index contributed by atoms with van der Waals surface area (Å²) in [7, 11) is 2.04. The molecule has 90 valence electrons. The van der Waals surface area contributed by atoms with Crippen LogP contribution in [0, 0.1) is 5.92 Å². The molecular formula is C10H16Cl2N4. The number of nitrogens with one attached hydrogen (secondary N) is 1. The van der Waals surface area contributed by atoms with Crippen LogP contribution in [-0.4, -0.2) is 36.9 Å². The molecule has 6 heteroatoms. The third kappa shape index (κ3) is 3.47. The Morgan fingerprint density at radius 2 is 2.31 bits per heavy atom. The molecule has 0 aliphatic carbocycles. The van der Waals surface area contributed by atoms with E-state index in [0.717, 1.165) is 25.5 Å². The first-order valence-corrected chi connectivity index (χ1v) is 5.54. The first-order chi connectivity index (χ1) is 7.25. The Labute approximate surface area is 107 Å². The lowest BCUT2D eigenvalue weighted by Crippen LogP contribution is -2.27. The van der Waals surface area contributed by atoms with Crippen molar-refractivity contribution in [3.8, 4) is 0 Å². The van der Waals surface area contributed by atoms with E-state index in [1.54, 1.807) is 6.07 Å². The summed E-state index contributed by atoms with van der Waals surface area (Å²) in [5, 5.41) is 11.7. The fourth-order valence-electron chi connectivity index (χ4n) is 1.86. The lowest BCUT2D eigenvalue weighted by atomic mass is 10.1. The molecule has 1 saturated heterocycles. The summed E-state index contributed by atoms with van der Waals surface area (Å²) in [6.07, 6.45) is 1.24. The predicted octanol–water partition coefficient (Wildman–Crippen LogP) is 1.60. The maximum absolute atomic E-state index is 5.68. The van der Waals surface area contributed by atoms with Crippen LogP contribution in [0.25, 0.3) is 0 Å². The van der Waals surface area contributed by atoms with Crippen molar-refractivity contribution in [3.63, 3.8) is 0 Å². The van der Waals surface area contributed by atoms with Crippen LogP contribution in [0.2, 0.25) is 5.15 Å². The van der Waals surface area contributed by atoms with Crippen molar-refractivity contribution in [2.75, 3.05) is 31.6 Å². The highest BCUT2D eigenvalue weighted by Crippen LogP contribution is 2.14. The average Bonchev–Trinajstić information content (AvgIpc) is 2.71. The van der Waals surface area contributed by atoms with Crippen molar-refractivity contribution in [2.24, 2.45) is 5.92 Å². The fourth-order valence-corrected chi connectivity index (χ4v) is 1.96. The van der Waals surface area contributed by atoms with Gasteiger partial charge in [0.05, 0.1) is 0 Å². The summed E-state index contributed by atoms with van der Waals surface area (Å²) in [6.45, 7) is 3.25. The molecule has 0 saturated carbocycles. The van der Waals surface area contributed by atoms with Crippen LogP contribution in [0.4, 0.5) is 5.82 Å². The van der Waals surface area contributed by atoms with Gasteiger partial charge in [0, 0.05) is 13.6 Å². The minimum atomic E-state index is 0. The van der Waals surface area contributed by atoms with Crippen LogP contribution in [0.5, 0.6) is 0 Å². The van der Waals surface area contributed by atoms with Crippen molar-refractivity contribution in [1.29, 1.82) is 0 Å². The van der Waals surface area contributed by atoms with E-state index in [9.17, 15) is 0 Å². The van der Waals surface area contributed by atoms with Crippen LogP contribution in [0.1, 0.15) is 6.42 Å². The molecule has 1 unspecified atom stereocenters. The molecule has 0 spiro atoms. The lowest BCUT2D eigenvalue weighted by molar-refractivity contribution is 0.574. The Bertz CT molecular complexity index is 311. The number of halogens is 2. The molecule has 1 N–H and O–H groups in total. The summed E-state index contributed by atoms with van der Waals surface area (Å²) < 4.78 is 0. The summed E-state index contributed by atoms with van der Waals surface area (Å²) in [5.41, 5.74) is 0. The summed E-state index contributed by atoms with van der Waals surface area (Å²) in [5.74, 6) is 1.60. The average molecular weight is 263 g/mol. The van der Waals surface area contributed by atoms with Crippen molar-refractivity contribution in [2.45, 2.75) is 6.42 Å². The number of rotatable bonds is 3. The van der Waals surface area contributed by atoms with Crippen LogP contribution in [-0.2, 0) is 0 Å². The standard InChI is InChI=1S/C10H15ClN4.ClH/c1-15(7-8-4-5-12-6-8)10-3-2-9(11)13-14-10;/h2-3,8,12H,4-7H2,1H3;1H. The van der Waals surface area contributed by atoms with Crippen LogP contribution < -0.4 is 10.2 Å². The molecule has 0 aromatic carbocycles. The second kappa shape index (κ2) is 6.23. The van der Waals surface area contributed by atoms with Crippen LogP contribution >= 0.6 is 24.0 Å². The molecule has 0 amide bonds. The van der Waals surface area contributed by atoms with Gasteiger partial charge in [-0.05, 0) is 37.6 Å². The Kier molecular flexibility index (Phi) is 5.25. The first-order valence-electron chi connectivity index (χ1n) is 5.17. The zero-order valence-electron chi connectivity index (χ0n) is 9.19. The predicted molar refractivity (Wildman–Crippen MR) is 68.5 cm³/mol. The van der Waals surface area contributed by atoms with Crippen LogP contribution in [0.3, 0.4) is 0 Å². The SMILES string of the molecule is CN(CC1CCNC1)c1ccc(Cl)nn1.Cl. The Morgan fingerprint density at radius 1 is 1.50 bits per heavy atom. The number of hydrogen-bond acceptors (Lipinski definition) is 4. The Morgan fingerprint density at radius 3 is 2.88 bits per heavy atom. The molecular weight excluding hydrogens is 247 g/mol. The van der Waals surface area contributed by atoms with Crippen molar-refractivity contribution in [3.05, 3.63) is 17.3 Å². The molecule has 1 aliphatic rings. The van der Waals surface area contributed by atoms with Gasteiger partial charge in [-0.3, -0.25) is 0 Å². The third-order valence-electron chi connectivity index (χ3n) is 2.70. The van der Waals surface area contributed by atoms with E-state index < -0.39 is 0 Å². The minimum absolute atomic E-state index is 0. The molecule has 1 fully saturated rings. The lowest BCUT2D eigenvalue weighted by Gasteiger charge is -2.20. The van der Waals surface area contributed by atoms with Gasteiger partial charge in [-0.2, -0.15) is 0 Å². The van der Waals surface area contributed by atoms with E-state index in [1.807, 2.05) is 13.1 Å². The molecule has 0 bridgehead atoms. The highest BCUT2D eigenvalue weighted by molar-refractivity contribution is 6.29. The normalized spacial score (nSPS) is 19.2. The van der Waals surface area contributed by atoms with E-state index in [0.29, 0.717) is 11.1 Å². The summed E-state index contributed by atoms with van der Waals surface area (Å²) in [6, 6.07) is 3.67. The number of aromatic nitrogens is 2. The highest BCUT2D eigenvalue weighted by Gasteiger charge is 2.17. The monoisotopic (exact) mass is 262 g/mol. The topological polar surface area (TPSA) is 41.0 Å². The smallest absolute Gasteiger partial charge is 0.151 e. The number of nitrogens with zero attached hydrogens (tertiary/aromatic N) is 3. The first kappa shape index (κ1) is 13.5. The maximum Gasteiger partial charge on any atom is 0.151 e. The molecule has 2 rings (SSSR count). The third-order valence-corrected chi connectivity index (χ3v) is 2.91. The molecule has 1 aromatic heterocycles. The Hall–Kier alpha value is -0.580. The summed E-state index contributed by atoms with van der Waals surface area (Å²) in [4.78, 5) is 2.13. The van der Waals surface area contributed by atoms with E-state index >= 15 is 0 Å². The van der Waals surface area contributed by atoms with Gasteiger partial charge < -0.3 is 10.2 Å². The largest absolute Gasteiger partial charge is 0.358 e. The van der Waals surface area contributed by atoms with Crippen molar-refractivity contribution < 1.29 is 0 Å². The van der Waals surface area contributed by atoms with Crippen molar-refractivity contribution >= 4 is 29.8 Å². The van der Waals surface area contributed by atoms with Gasteiger partial charge in [-0.1, -0.05) is 11.6 Å². The van der Waals surface area contributed by atoms with E-state index in [2.05, 4.69) is 20.4 Å². The minimum Gasteiger partial charge on any atom is -0.358 e. The molecule has 0 radical (unpaired) electrons. The molecule has 1 aliphatic heterocycles. The van der Waals surface area contributed by atoms with Gasteiger partial charge in [-0.15, -0.1) is 22.6 Å². The van der Waals surface area contributed by atoms with E-state index in [-0.39, 0.29) is 12.4 Å². The maximum atomic E-state index is 5.68. The van der Waals surface area contributed by atoms with Crippen LogP contribution in [0.15, 0.2) is 12.1 Å². The molecule has 1 aromatic rings. The number of hydrogen-bond donors (Lipinski definition) is 1. The van der Waals surface area contributed by atoms with Gasteiger partial charge in [0.2, 0.25) is 0 Å². The van der Waals surface area contributed by atoms with E-state index in [1.165, 1.54) is 6.42 Å². The van der Waals surface area contributed by atoms with Gasteiger partial charge in [-0.25, -0.2) is 0 Å². The molecule has 16 heavy (non-hydrogen) atoms. The molecule has 4 nitrogen and oxygen atoms in total. The van der Waals surface area contributed by atoms with Gasteiger partial charge in [0.1, 0.15) is 0 Å². The molecule has 1 atom stereocenters. The fraction of sp³-hybridized carbons (Fsp3) is 0.600. The molecule has 2 heterocycles. The highest BCUT2D eigenvalue weighted by atomic mass is 35.5. The summed E-state index contributed by atoms with van der Waals surface area (Å²) >= 11 is 5.68. The van der Waals surface area contributed by atoms with Gasteiger partial charge >= 0.3 is 0 Å². The zero-order chi connectivity index (χ0) is 10.7. The van der Waals surface area contributed by atoms with Gasteiger partial charge in [0.15, 0.2) is 11.0 Å². The number of anilines is 1. The van der Waals surface area contributed by atoms with Crippen molar-refractivity contribution in [1.82, 2.24) is 15.5 Å². The zero-order valence-corrected chi connectivity index (χ0v) is 10.8. The second-order valence-electron chi connectivity index (χ2n) is 3.95. The Balaban J connectivity index is 0.00000128. The second-order valence-corrected chi connectivity index (χ2v) is 4.34. The quantitative estimate of drug-likeness (QED) is 0.899.